The van der Waals surface area contributed by atoms with Gasteiger partial charge in [0.25, 0.3) is 0 Å². The average Bonchev–Trinajstić information content (AvgIpc) is 2.47. The van der Waals surface area contributed by atoms with Crippen LogP contribution in [-0.2, 0) is 0 Å². The lowest BCUT2D eigenvalue weighted by molar-refractivity contribution is 0.0993. The summed E-state index contributed by atoms with van der Waals surface area (Å²) in [6.45, 7) is 1.71. The van der Waals surface area contributed by atoms with E-state index in [0.29, 0.717) is 5.69 Å². The van der Waals surface area contributed by atoms with Crippen LogP contribution in [0.3, 0.4) is 0 Å². The molecule has 0 aliphatic heterocycles. The van der Waals surface area contributed by atoms with E-state index in [-0.39, 0.29) is 12.2 Å². The Labute approximate surface area is 83.1 Å². The van der Waals surface area contributed by atoms with Gasteiger partial charge < -0.3 is 0 Å². The molecule has 0 aromatic carbocycles. The van der Waals surface area contributed by atoms with Crippen LogP contribution >= 0.6 is 27.3 Å². The van der Waals surface area contributed by atoms with E-state index in [4.69, 9.17) is 0 Å². The Morgan fingerprint density at radius 1 is 1.83 bits per heavy atom. The van der Waals surface area contributed by atoms with Crippen molar-refractivity contribution in [2.24, 2.45) is 0 Å². The van der Waals surface area contributed by atoms with Crippen molar-refractivity contribution < 1.29 is 4.79 Å². The number of halogens is 1. The smallest absolute Gasteiger partial charge is 0.195 e. The SMILES string of the molecule is CC#CCC(=O)c1ncsc1Br. The van der Waals surface area contributed by atoms with Gasteiger partial charge in [-0.3, -0.25) is 4.79 Å². The fraction of sp³-hybridized carbons (Fsp3) is 0.250. The molecule has 1 aromatic heterocycles. The van der Waals surface area contributed by atoms with Crippen LogP contribution in [-0.4, -0.2) is 10.8 Å². The van der Waals surface area contributed by atoms with Crippen LogP contribution in [0.1, 0.15) is 23.8 Å². The van der Waals surface area contributed by atoms with Gasteiger partial charge in [0.15, 0.2) is 5.78 Å². The van der Waals surface area contributed by atoms with E-state index in [1.165, 1.54) is 11.3 Å². The van der Waals surface area contributed by atoms with Gasteiger partial charge in [0, 0.05) is 0 Å². The zero-order valence-electron chi connectivity index (χ0n) is 6.43. The first-order chi connectivity index (χ1) is 5.75. The number of hydrogen-bond acceptors (Lipinski definition) is 3. The van der Waals surface area contributed by atoms with E-state index in [2.05, 4.69) is 32.8 Å². The normalized spacial score (nSPS) is 8.83. The molecule has 0 unspecified atom stereocenters. The van der Waals surface area contributed by atoms with Gasteiger partial charge in [0.1, 0.15) is 9.48 Å². The lowest BCUT2D eigenvalue weighted by Gasteiger charge is -1.89. The minimum absolute atomic E-state index is 0.0301. The minimum atomic E-state index is -0.0301. The summed E-state index contributed by atoms with van der Waals surface area (Å²) >= 11 is 4.65. The van der Waals surface area contributed by atoms with E-state index in [1.54, 1.807) is 12.4 Å². The molecular formula is C8H6BrNOS. The number of rotatable bonds is 2. The number of Topliss-reactive ketones (excluding diaryl/α,β-unsaturated/α-hetero) is 1. The third kappa shape index (κ3) is 2.16. The van der Waals surface area contributed by atoms with E-state index in [0.717, 1.165) is 3.79 Å². The zero-order valence-corrected chi connectivity index (χ0v) is 8.83. The van der Waals surface area contributed by atoms with E-state index < -0.39 is 0 Å². The summed E-state index contributed by atoms with van der Waals surface area (Å²) in [5, 5.41) is 0. The first-order valence-corrected chi connectivity index (χ1v) is 4.94. The summed E-state index contributed by atoms with van der Waals surface area (Å²) in [6.07, 6.45) is 0.249. The van der Waals surface area contributed by atoms with Gasteiger partial charge >= 0.3 is 0 Å². The van der Waals surface area contributed by atoms with Gasteiger partial charge in [-0.1, -0.05) is 5.92 Å². The van der Waals surface area contributed by atoms with Crippen LogP contribution in [0.2, 0.25) is 0 Å². The molecule has 0 saturated carbocycles. The largest absolute Gasteiger partial charge is 0.291 e. The first-order valence-electron chi connectivity index (χ1n) is 3.27. The lowest BCUT2D eigenvalue weighted by atomic mass is 10.2. The maximum Gasteiger partial charge on any atom is 0.195 e. The highest BCUT2D eigenvalue weighted by Gasteiger charge is 2.10. The number of ketones is 1. The highest BCUT2D eigenvalue weighted by atomic mass is 79.9. The van der Waals surface area contributed by atoms with Crippen LogP contribution < -0.4 is 0 Å². The standard InChI is InChI=1S/C8H6BrNOS/c1-2-3-4-6(11)7-8(9)12-5-10-7/h5H,4H2,1H3. The van der Waals surface area contributed by atoms with Gasteiger partial charge in [0.2, 0.25) is 0 Å². The lowest BCUT2D eigenvalue weighted by Crippen LogP contribution is -1.97. The van der Waals surface area contributed by atoms with Crippen molar-refractivity contribution in [2.45, 2.75) is 13.3 Å². The Balaban J connectivity index is 2.76. The summed E-state index contributed by atoms with van der Waals surface area (Å²) in [6, 6.07) is 0. The Kier molecular flexibility index (Phi) is 3.45. The molecule has 0 aliphatic carbocycles. The summed E-state index contributed by atoms with van der Waals surface area (Å²) in [5.74, 6) is 5.35. The number of carbonyl (C=O) groups is 1. The Morgan fingerprint density at radius 3 is 3.08 bits per heavy atom. The van der Waals surface area contributed by atoms with Gasteiger partial charge in [-0.25, -0.2) is 4.98 Å². The number of carbonyl (C=O) groups excluding carboxylic acids is 1. The molecular weight excluding hydrogens is 238 g/mol. The van der Waals surface area contributed by atoms with E-state index in [1.807, 2.05) is 0 Å². The topological polar surface area (TPSA) is 30.0 Å². The van der Waals surface area contributed by atoms with Gasteiger partial charge in [-0.2, -0.15) is 0 Å². The molecule has 0 spiro atoms. The first kappa shape index (κ1) is 9.43. The molecule has 1 rings (SSSR count). The van der Waals surface area contributed by atoms with Crippen LogP contribution in [0.5, 0.6) is 0 Å². The van der Waals surface area contributed by atoms with Crippen LogP contribution in [0.15, 0.2) is 9.30 Å². The zero-order chi connectivity index (χ0) is 8.97. The Bertz CT molecular complexity index is 347. The molecule has 0 bridgehead atoms. The van der Waals surface area contributed by atoms with Gasteiger partial charge in [0.05, 0.1) is 11.9 Å². The van der Waals surface area contributed by atoms with Crippen molar-refractivity contribution in [3.63, 3.8) is 0 Å². The average molecular weight is 244 g/mol. The molecule has 0 fully saturated rings. The third-order valence-corrected chi connectivity index (χ3v) is 2.76. The number of hydrogen-bond donors (Lipinski definition) is 0. The fourth-order valence-corrected chi connectivity index (χ4v) is 1.77. The van der Waals surface area contributed by atoms with Crippen molar-refractivity contribution >= 4 is 33.0 Å². The van der Waals surface area contributed by atoms with Crippen molar-refractivity contribution in [2.75, 3.05) is 0 Å². The summed E-state index contributed by atoms with van der Waals surface area (Å²) in [4.78, 5) is 15.2. The molecule has 0 amide bonds. The third-order valence-electron chi connectivity index (χ3n) is 1.21. The molecule has 1 aromatic rings. The van der Waals surface area contributed by atoms with Crippen LogP contribution in [0, 0.1) is 11.8 Å². The molecule has 62 valence electrons. The van der Waals surface area contributed by atoms with Gasteiger partial charge in [-0.05, 0) is 22.9 Å². The van der Waals surface area contributed by atoms with Crippen molar-refractivity contribution in [3.05, 3.63) is 15.0 Å². The molecule has 0 aliphatic rings. The number of aromatic nitrogens is 1. The predicted octanol–water partition coefficient (Wildman–Crippen LogP) is 2.50. The van der Waals surface area contributed by atoms with Crippen molar-refractivity contribution in [1.29, 1.82) is 0 Å². The van der Waals surface area contributed by atoms with Gasteiger partial charge in [-0.15, -0.1) is 17.3 Å². The second-order valence-electron chi connectivity index (χ2n) is 2.00. The fourth-order valence-electron chi connectivity index (χ4n) is 0.666. The summed E-state index contributed by atoms with van der Waals surface area (Å²) in [5.41, 5.74) is 2.12. The molecule has 12 heavy (non-hydrogen) atoms. The molecule has 2 nitrogen and oxygen atoms in total. The van der Waals surface area contributed by atoms with Crippen molar-refractivity contribution in [3.8, 4) is 11.8 Å². The monoisotopic (exact) mass is 243 g/mol. The molecule has 4 heteroatoms. The molecule has 1 heterocycles. The number of thiazole rings is 1. The maximum absolute atomic E-state index is 11.3. The van der Waals surface area contributed by atoms with Crippen LogP contribution in [0.4, 0.5) is 0 Å². The highest BCUT2D eigenvalue weighted by molar-refractivity contribution is 9.11. The van der Waals surface area contributed by atoms with Crippen LogP contribution in [0.25, 0.3) is 0 Å². The summed E-state index contributed by atoms with van der Waals surface area (Å²) < 4.78 is 0.783. The van der Waals surface area contributed by atoms with E-state index in [9.17, 15) is 4.79 Å². The van der Waals surface area contributed by atoms with Crippen molar-refractivity contribution in [1.82, 2.24) is 4.98 Å². The maximum atomic E-state index is 11.3. The molecule has 0 atom stereocenters. The quantitative estimate of drug-likeness (QED) is 0.591. The summed E-state index contributed by atoms with van der Waals surface area (Å²) in [7, 11) is 0. The Morgan fingerprint density at radius 2 is 2.58 bits per heavy atom. The highest BCUT2D eigenvalue weighted by Crippen LogP contribution is 2.21. The number of nitrogens with zero attached hydrogens (tertiary/aromatic N) is 1. The second kappa shape index (κ2) is 4.39. The predicted molar refractivity (Wildman–Crippen MR) is 52.2 cm³/mol. The second-order valence-corrected chi connectivity index (χ2v) is 4.17. The molecule has 0 radical (unpaired) electrons. The molecule has 0 saturated heterocycles. The van der Waals surface area contributed by atoms with E-state index >= 15 is 0 Å². The minimum Gasteiger partial charge on any atom is -0.291 e. The Hall–Kier alpha value is -0.660. The molecule has 0 N–H and O–H groups in total.